The molecule has 0 spiro atoms. The number of benzene rings is 1. The standard InChI is InChI=1S/C19H26FN/c1-14-10-11-16(20)13-19(14)15-6-5-9-18(12-15)21-17-7-3-2-4-8-17/h10-13,17-18,21H,2-9H2,1H3. The number of halogens is 1. The third kappa shape index (κ3) is 3.74. The Bertz CT molecular complexity index is 514. The fourth-order valence-electron chi connectivity index (χ4n) is 3.79. The van der Waals surface area contributed by atoms with Gasteiger partial charge in [0.1, 0.15) is 5.82 Å². The van der Waals surface area contributed by atoms with Gasteiger partial charge in [-0.1, -0.05) is 31.4 Å². The lowest BCUT2D eigenvalue weighted by Crippen LogP contribution is -2.39. The molecule has 1 aromatic rings. The van der Waals surface area contributed by atoms with Crippen molar-refractivity contribution in [1.29, 1.82) is 0 Å². The van der Waals surface area contributed by atoms with Crippen molar-refractivity contribution in [2.45, 2.75) is 70.4 Å². The molecule has 1 saturated carbocycles. The topological polar surface area (TPSA) is 12.0 Å². The predicted octanol–water partition coefficient (Wildman–Crippen LogP) is 4.99. The van der Waals surface area contributed by atoms with Crippen LogP contribution in [0.1, 0.15) is 62.5 Å². The van der Waals surface area contributed by atoms with E-state index in [0.29, 0.717) is 12.1 Å². The molecule has 2 aliphatic rings. The molecule has 3 rings (SSSR count). The number of hydrogen-bond donors (Lipinski definition) is 1. The molecule has 0 heterocycles. The summed E-state index contributed by atoms with van der Waals surface area (Å²) in [5.41, 5.74) is 3.61. The summed E-state index contributed by atoms with van der Waals surface area (Å²) in [5, 5.41) is 3.82. The molecule has 114 valence electrons. The molecular weight excluding hydrogens is 261 g/mol. The highest BCUT2D eigenvalue weighted by atomic mass is 19.1. The van der Waals surface area contributed by atoms with Crippen molar-refractivity contribution < 1.29 is 4.39 Å². The summed E-state index contributed by atoms with van der Waals surface area (Å²) in [6.45, 7) is 2.08. The lowest BCUT2D eigenvalue weighted by Gasteiger charge is -2.30. The molecule has 1 nitrogen and oxygen atoms in total. The van der Waals surface area contributed by atoms with Gasteiger partial charge in [0.2, 0.25) is 0 Å². The Morgan fingerprint density at radius 3 is 2.67 bits per heavy atom. The van der Waals surface area contributed by atoms with Crippen molar-refractivity contribution in [2.24, 2.45) is 0 Å². The third-order valence-corrected chi connectivity index (χ3v) is 4.96. The zero-order valence-electron chi connectivity index (χ0n) is 13.0. The van der Waals surface area contributed by atoms with E-state index < -0.39 is 0 Å². The Morgan fingerprint density at radius 1 is 1.05 bits per heavy atom. The van der Waals surface area contributed by atoms with Gasteiger partial charge in [0.25, 0.3) is 0 Å². The van der Waals surface area contributed by atoms with E-state index in [2.05, 4.69) is 18.3 Å². The summed E-state index contributed by atoms with van der Waals surface area (Å²) in [5.74, 6) is -0.126. The second kappa shape index (κ2) is 6.74. The SMILES string of the molecule is Cc1ccc(F)cc1C1=CC(NC2CCCCC2)CCC1. The summed E-state index contributed by atoms with van der Waals surface area (Å²) in [6.07, 6.45) is 12.6. The van der Waals surface area contributed by atoms with E-state index in [1.54, 1.807) is 12.1 Å². The Kier molecular flexibility index (Phi) is 4.74. The Labute approximate surface area is 127 Å². The van der Waals surface area contributed by atoms with Gasteiger partial charge >= 0.3 is 0 Å². The minimum absolute atomic E-state index is 0.126. The van der Waals surface area contributed by atoms with Crippen LogP contribution in [-0.2, 0) is 0 Å². The second-order valence-corrected chi connectivity index (χ2v) is 6.65. The van der Waals surface area contributed by atoms with Gasteiger partial charge in [-0.15, -0.1) is 0 Å². The highest BCUT2D eigenvalue weighted by Crippen LogP contribution is 2.30. The van der Waals surface area contributed by atoms with Gasteiger partial charge in [-0.3, -0.25) is 0 Å². The van der Waals surface area contributed by atoms with Crippen LogP contribution in [0.5, 0.6) is 0 Å². The smallest absolute Gasteiger partial charge is 0.123 e. The van der Waals surface area contributed by atoms with Crippen LogP contribution < -0.4 is 5.32 Å². The average molecular weight is 287 g/mol. The second-order valence-electron chi connectivity index (χ2n) is 6.65. The van der Waals surface area contributed by atoms with Crippen LogP contribution in [0, 0.1) is 12.7 Å². The van der Waals surface area contributed by atoms with E-state index >= 15 is 0 Å². The first kappa shape index (κ1) is 14.8. The van der Waals surface area contributed by atoms with Gasteiger partial charge in [-0.05, 0) is 67.9 Å². The van der Waals surface area contributed by atoms with Crippen LogP contribution in [0.2, 0.25) is 0 Å². The summed E-state index contributed by atoms with van der Waals surface area (Å²) >= 11 is 0. The number of hydrogen-bond acceptors (Lipinski definition) is 1. The number of aryl methyl sites for hydroxylation is 1. The quantitative estimate of drug-likeness (QED) is 0.825. The zero-order chi connectivity index (χ0) is 14.7. The molecule has 0 aliphatic heterocycles. The normalized spacial score (nSPS) is 23.9. The molecule has 0 radical (unpaired) electrons. The van der Waals surface area contributed by atoms with Gasteiger partial charge in [-0.2, -0.15) is 0 Å². The van der Waals surface area contributed by atoms with Crippen molar-refractivity contribution in [3.05, 3.63) is 41.2 Å². The monoisotopic (exact) mass is 287 g/mol. The largest absolute Gasteiger partial charge is 0.308 e. The average Bonchev–Trinajstić information content (AvgIpc) is 2.51. The first-order valence-corrected chi connectivity index (χ1v) is 8.45. The number of rotatable bonds is 3. The maximum absolute atomic E-state index is 13.5. The van der Waals surface area contributed by atoms with E-state index in [-0.39, 0.29) is 5.82 Å². The molecule has 1 aromatic carbocycles. The summed E-state index contributed by atoms with van der Waals surface area (Å²) in [6, 6.07) is 6.31. The highest BCUT2D eigenvalue weighted by molar-refractivity contribution is 5.69. The molecule has 1 unspecified atom stereocenters. The summed E-state index contributed by atoms with van der Waals surface area (Å²) in [4.78, 5) is 0. The van der Waals surface area contributed by atoms with Gasteiger partial charge < -0.3 is 5.32 Å². The third-order valence-electron chi connectivity index (χ3n) is 4.96. The molecule has 0 amide bonds. The van der Waals surface area contributed by atoms with Gasteiger partial charge in [0.15, 0.2) is 0 Å². The van der Waals surface area contributed by atoms with Crippen LogP contribution in [0.3, 0.4) is 0 Å². The van der Waals surface area contributed by atoms with Crippen LogP contribution in [0.15, 0.2) is 24.3 Å². The molecule has 1 N–H and O–H groups in total. The minimum Gasteiger partial charge on any atom is -0.308 e. The van der Waals surface area contributed by atoms with Crippen molar-refractivity contribution in [1.82, 2.24) is 5.32 Å². The Hall–Kier alpha value is -1.15. The van der Waals surface area contributed by atoms with E-state index in [1.807, 2.05) is 6.07 Å². The van der Waals surface area contributed by atoms with Crippen molar-refractivity contribution >= 4 is 5.57 Å². The predicted molar refractivity (Wildman–Crippen MR) is 86.8 cm³/mol. The lowest BCUT2D eigenvalue weighted by molar-refractivity contribution is 0.345. The van der Waals surface area contributed by atoms with Crippen LogP contribution in [-0.4, -0.2) is 12.1 Å². The van der Waals surface area contributed by atoms with Gasteiger partial charge in [0.05, 0.1) is 0 Å². The number of nitrogens with one attached hydrogen (secondary N) is 1. The van der Waals surface area contributed by atoms with E-state index in [1.165, 1.54) is 56.1 Å². The molecule has 21 heavy (non-hydrogen) atoms. The molecular formula is C19H26FN. The van der Waals surface area contributed by atoms with Crippen molar-refractivity contribution in [3.63, 3.8) is 0 Å². The van der Waals surface area contributed by atoms with E-state index in [0.717, 1.165) is 12.0 Å². The molecule has 2 heteroatoms. The molecule has 0 aromatic heterocycles. The van der Waals surface area contributed by atoms with Crippen molar-refractivity contribution in [2.75, 3.05) is 0 Å². The summed E-state index contributed by atoms with van der Waals surface area (Å²) < 4.78 is 13.5. The highest BCUT2D eigenvalue weighted by Gasteiger charge is 2.20. The molecule has 0 bridgehead atoms. The zero-order valence-corrected chi connectivity index (χ0v) is 13.0. The van der Waals surface area contributed by atoms with E-state index in [9.17, 15) is 4.39 Å². The fraction of sp³-hybridized carbons (Fsp3) is 0.579. The van der Waals surface area contributed by atoms with Gasteiger partial charge in [-0.25, -0.2) is 4.39 Å². The van der Waals surface area contributed by atoms with E-state index in [4.69, 9.17) is 0 Å². The fourth-order valence-corrected chi connectivity index (χ4v) is 3.79. The van der Waals surface area contributed by atoms with Gasteiger partial charge in [0, 0.05) is 12.1 Å². The van der Waals surface area contributed by atoms with Crippen LogP contribution in [0.4, 0.5) is 4.39 Å². The molecule has 0 saturated heterocycles. The maximum Gasteiger partial charge on any atom is 0.123 e. The number of allylic oxidation sites excluding steroid dienone is 1. The minimum atomic E-state index is -0.126. The Morgan fingerprint density at radius 2 is 1.86 bits per heavy atom. The molecule has 1 fully saturated rings. The molecule has 1 atom stereocenters. The summed E-state index contributed by atoms with van der Waals surface area (Å²) in [7, 11) is 0. The van der Waals surface area contributed by atoms with Crippen LogP contribution in [0.25, 0.3) is 5.57 Å². The lowest BCUT2D eigenvalue weighted by atomic mass is 9.87. The molecule has 2 aliphatic carbocycles. The maximum atomic E-state index is 13.5. The van der Waals surface area contributed by atoms with Crippen molar-refractivity contribution in [3.8, 4) is 0 Å². The first-order chi connectivity index (χ1) is 10.2. The Balaban J connectivity index is 1.74. The van der Waals surface area contributed by atoms with Crippen LogP contribution >= 0.6 is 0 Å². The first-order valence-electron chi connectivity index (χ1n) is 8.45.